The van der Waals surface area contributed by atoms with Gasteiger partial charge in [0, 0.05) is 13.0 Å². The molecule has 3 atom stereocenters. The van der Waals surface area contributed by atoms with E-state index in [4.69, 9.17) is 4.74 Å². The lowest BCUT2D eigenvalue weighted by molar-refractivity contribution is -0.127. The quantitative estimate of drug-likeness (QED) is 0.723. The summed E-state index contributed by atoms with van der Waals surface area (Å²) in [5, 5.41) is 2.84. The van der Waals surface area contributed by atoms with Crippen LogP contribution >= 0.6 is 0 Å². The maximum Gasteiger partial charge on any atom is 0.220 e. The summed E-state index contributed by atoms with van der Waals surface area (Å²) in [6, 6.07) is -0.477. The van der Waals surface area contributed by atoms with Crippen molar-refractivity contribution in [2.45, 2.75) is 44.8 Å². The van der Waals surface area contributed by atoms with Crippen LogP contribution in [0.3, 0.4) is 0 Å². The van der Waals surface area contributed by atoms with Crippen LogP contribution in [0.2, 0.25) is 0 Å². The van der Waals surface area contributed by atoms with E-state index in [1.54, 1.807) is 0 Å². The Labute approximate surface area is 122 Å². The first-order chi connectivity index (χ1) is 9.43. The highest BCUT2D eigenvalue weighted by molar-refractivity contribution is 5.91. The second kappa shape index (κ2) is 8.37. The van der Waals surface area contributed by atoms with Gasteiger partial charge in [0.15, 0.2) is 5.78 Å². The van der Waals surface area contributed by atoms with E-state index in [9.17, 15) is 9.59 Å². The Morgan fingerprint density at radius 1 is 1.55 bits per heavy atom. The average Bonchev–Trinajstić information content (AvgIpc) is 2.68. The second-order valence-corrected chi connectivity index (χ2v) is 5.90. The molecule has 1 N–H and O–H groups in total. The van der Waals surface area contributed by atoms with Crippen molar-refractivity contribution in [2.75, 3.05) is 27.2 Å². The van der Waals surface area contributed by atoms with Crippen molar-refractivity contribution < 1.29 is 14.3 Å². The number of Topliss-reactive ketones (excluding diaryl/α,β-unsaturated/α-hetero) is 1. The van der Waals surface area contributed by atoms with E-state index in [0.717, 1.165) is 25.8 Å². The molecular weight excluding hydrogens is 256 g/mol. The molecule has 0 aromatic heterocycles. The van der Waals surface area contributed by atoms with Crippen LogP contribution in [0.4, 0.5) is 0 Å². The van der Waals surface area contributed by atoms with Crippen molar-refractivity contribution in [1.29, 1.82) is 0 Å². The van der Waals surface area contributed by atoms with Crippen molar-refractivity contribution in [2.24, 2.45) is 5.92 Å². The minimum Gasteiger partial charge on any atom is -0.368 e. The zero-order valence-electron chi connectivity index (χ0n) is 12.9. The Hall–Kier alpha value is -0.940. The van der Waals surface area contributed by atoms with Crippen LogP contribution in [0.25, 0.3) is 0 Å². The van der Waals surface area contributed by atoms with Gasteiger partial charge in [-0.1, -0.05) is 26.7 Å². The zero-order valence-corrected chi connectivity index (χ0v) is 12.9. The Balaban J connectivity index is 2.45. The number of carbonyl (C=O) groups is 2. The molecule has 20 heavy (non-hydrogen) atoms. The van der Waals surface area contributed by atoms with Crippen LogP contribution in [-0.4, -0.2) is 56.0 Å². The van der Waals surface area contributed by atoms with Gasteiger partial charge in [-0.2, -0.15) is 0 Å². The molecule has 1 rings (SSSR count). The van der Waals surface area contributed by atoms with Gasteiger partial charge in [-0.15, -0.1) is 0 Å². The number of rotatable bonds is 8. The van der Waals surface area contributed by atoms with Gasteiger partial charge in [0.05, 0.1) is 6.10 Å². The summed E-state index contributed by atoms with van der Waals surface area (Å²) in [4.78, 5) is 25.8. The molecule has 0 aliphatic carbocycles. The van der Waals surface area contributed by atoms with E-state index in [-0.39, 0.29) is 24.4 Å². The van der Waals surface area contributed by atoms with Crippen LogP contribution in [0.5, 0.6) is 0 Å². The molecule has 1 aliphatic heterocycles. The molecule has 0 spiro atoms. The van der Waals surface area contributed by atoms with Gasteiger partial charge in [-0.25, -0.2) is 0 Å². The summed E-state index contributed by atoms with van der Waals surface area (Å²) >= 11 is 0. The Kier molecular flexibility index (Phi) is 7.16. The van der Waals surface area contributed by atoms with Gasteiger partial charge in [0.2, 0.25) is 5.91 Å². The summed E-state index contributed by atoms with van der Waals surface area (Å²) in [6.07, 6.45) is 2.74. The number of nitrogens with zero attached hydrogens (tertiary/aromatic N) is 1. The van der Waals surface area contributed by atoms with E-state index in [1.165, 1.54) is 0 Å². The molecular formula is C15H27N2O3. The van der Waals surface area contributed by atoms with E-state index in [2.05, 4.69) is 12.2 Å². The SMILES string of the molecule is [CH2]CCC(C)CC(=O)NC1C(=O)COC1CCN(C)C. The maximum atomic E-state index is 12.0. The van der Waals surface area contributed by atoms with Gasteiger partial charge < -0.3 is 15.0 Å². The highest BCUT2D eigenvalue weighted by Gasteiger charge is 2.36. The second-order valence-electron chi connectivity index (χ2n) is 5.90. The Bertz CT molecular complexity index is 331. The molecule has 1 fully saturated rings. The van der Waals surface area contributed by atoms with Crippen LogP contribution < -0.4 is 5.32 Å². The third-order valence-electron chi connectivity index (χ3n) is 3.57. The third kappa shape index (κ3) is 5.59. The molecule has 5 nitrogen and oxygen atoms in total. The largest absolute Gasteiger partial charge is 0.368 e. The summed E-state index contributed by atoms with van der Waals surface area (Å²) in [6.45, 7) is 6.76. The fraction of sp³-hybridized carbons (Fsp3) is 0.800. The van der Waals surface area contributed by atoms with Crippen molar-refractivity contribution >= 4 is 11.7 Å². The maximum absolute atomic E-state index is 12.0. The molecule has 0 aromatic carbocycles. The topological polar surface area (TPSA) is 58.6 Å². The van der Waals surface area contributed by atoms with E-state index in [0.29, 0.717) is 12.3 Å². The molecule has 5 heteroatoms. The highest BCUT2D eigenvalue weighted by Crippen LogP contribution is 2.16. The number of nitrogens with one attached hydrogen (secondary N) is 1. The molecule has 1 radical (unpaired) electrons. The molecule has 0 bridgehead atoms. The molecule has 1 amide bonds. The molecule has 1 heterocycles. The molecule has 0 saturated carbocycles. The normalized spacial score (nSPS) is 24.1. The van der Waals surface area contributed by atoms with E-state index < -0.39 is 6.04 Å². The van der Waals surface area contributed by atoms with Crippen molar-refractivity contribution in [3.63, 3.8) is 0 Å². The van der Waals surface area contributed by atoms with Gasteiger partial charge in [0.1, 0.15) is 12.6 Å². The zero-order chi connectivity index (χ0) is 15.1. The number of ether oxygens (including phenoxy) is 1. The molecule has 115 valence electrons. The van der Waals surface area contributed by atoms with Gasteiger partial charge in [-0.3, -0.25) is 9.59 Å². The molecule has 1 aliphatic rings. The summed E-state index contributed by atoms with van der Waals surface area (Å²) in [7, 11) is 3.95. The molecule has 3 unspecified atom stereocenters. The fourth-order valence-corrected chi connectivity index (χ4v) is 2.39. The standard InChI is InChI=1S/C15H27N2O3/c1-5-6-11(2)9-14(19)16-15-12(18)10-20-13(15)7-8-17(3)4/h11,13,15H,1,5-10H2,2-4H3,(H,16,19). The van der Waals surface area contributed by atoms with Gasteiger partial charge >= 0.3 is 0 Å². The Morgan fingerprint density at radius 3 is 2.85 bits per heavy atom. The third-order valence-corrected chi connectivity index (χ3v) is 3.57. The summed E-state index contributed by atoms with van der Waals surface area (Å²) in [5.74, 6) is 0.210. The van der Waals surface area contributed by atoms with E-state index in [1.807, 2.05) is 25.9 Å². The first-order valence-corrected chi connectivity index (χ1v) is 7.31. The number of hydrogen-bond donors (Lipinski definition) is 1. The summed E-state index contributed by atoms with van der Waals surface area (Å²) in [5.41, 5.74) is 0. The van der Waals surface area contributed by atoms with Gasteiger partial charge in [0.25, 0.3) is 0 Å². The highest BCUT2D eigenvalue weighted by atomic mass is 16.5. The van der Waals surface area contributed by atoms with Crippen LogP contribution in [0, 0.1) is 12.8 Å². The molecule has 1 saturated heterocycles. The van der Waals surface area contributed by atoms with Crippen LogP contribution in [0.1, 0.15) is 32.6 Å². The fourth-order valence-electron chi connectivity index (χ4n) is 2.39. The first-order valence-electron chi connectivity index (χ1n) is 7.31. The van der Waals surface area contributed by atoms with Crippen LogP contribution in [0.15, 0.2) is 0 Å². The lowest BCUT2D eigenvalue weighted by Crippen LogP contribution is -2.45. The molecule has 0 aromatic rings. The minimum absolute atomic E-state index is 0.0214. The van der Waals surface area contributed by atoms with Gasteiger partial charge in [-0.05, 0) is 26.4 Å². The number of amides is 1. The number of hydrogen-bond acceptors (Lipinski definition) is 4. The van der Waals surface area contributed by atoms with Crippen molar-refractivity contribution in [3.05, 3.63) is 6.92 Å². The number of ketones is 1. The monoisotopic (exact) mass is 283 g/mol. The lowest BCUT2D eigenvalue weighted by atomic mass is 10.0. The lowest BCUT2D eigenvalue weighted by Gasteiger charge is -2.21. The van der Waals surface area contributed by atoms with E-state index >= 15 is 0 Å². The average molecular weight is 283 g/mol. The van der Waals surface area contributed by atoms with Crippen LogP contribution in [-0.2, 0) is 14.3 Å². The van der Waals surface area contributed by atoms with Crippen molar-refractivity contribution in [3.8, 4) is 0 Å². The predicted molar refractivity (Wildman–Crippen MR) is 78.2 cm³/mol. The Morgan fingerprint density at radius 2 is 2.25 bits per heavy atom. The summed E-state index contributed by atoms with van der Waals surface area (Å²) < 4.78 is 5.48. The smallest absolute Gasteiger partial charge is 0.220 e. The van der Waals surface area contributed by atoms with Crippen molar-refractivity contribution in [1.82, 2.24) is 10.2 Å². The minimum atomic E-state index is -0.477. The number of carbonyl (C=O) groups excluding carboxylic acids is 2. The predicted octanol–water partition coefficient (Wildman–Crippen LogP) is 1.03. The first kappa shape index (κ1) is 17.1.